The Balaban J connectivity index is 0.00000243. The number of thioether (sulfide) groups is 1. The molecule has 2 heterocycles. The van der Waals surface area contributed by atoms with Crippen LogP contribution < -0.4 is 10.6 Å². The molecule has 2 saturated heterocycles. The first-order valence-electron chi connectivity index (χ1n) is 9.16. The van der Waals surface area contributed by atoms with Crippen molar-refractivity contribution in [3.63, 3.8) is 0 Å². The van der Waals surface area contributed by atoms with Gasteiger partial charge in [0.05, 0.1) is 0 Å². The molecule has 1 unspecified atom stereocenters. The Labute approximate surface area is 177 Å². The lowest BCUT2D eigenvalue weighted by Gasteiger charge is -2.16. The fourth-order valence-electron chi connectivity index (χ4n) is 3.28. The minimum atomic E-state index is 0. The smallest absolute Gasteiger partial charge is 0.222 e. The van der Waals surface area contributed by atoms with Crippen LogP contribution in [0.15, 0.2) is 29.3 Å². The lowest BCUT2D eigenvalue weighted by Crippen LogP contribution is -2.39. The summed E-state index contributed by atoms with van der Waals surface area (Å²) in [5.41, 5.74) is 2.41. The largest absolute Gasteiger partial charge is 0.355 e. The van der Waals surface area contributed by atoms with Crippen molar-refractivity contribution in [2.45, 2.75) is 44.0 Å². The van der Waals surface area contributed by atoms with E-state index in [1.54, 1.807) is 0 Å². The summed E-state index contributed by atoms with van der Waals surface area (Å²) in [7, 11) is 1.81. The van der Waals surface area contributed by atoms with Crippen molar-refractivity contribution >= 4 is 47.6 Å². The third-order valence-corrected chi connectivity index (χ3v) is 6.17. The zero-order valence-electron chi connectivity index (χ0n) is 15.4. The van der Waals surface area contributed by atoms with Crippen molar-refractivity contribution in [3.05, 3.63) is 35.4 Å². The van der Waals surface area contributed by atoms with Crippen LogP contribution in [0.3, 0.4) is 0 Å². The first-order chi connectivity index (χ1) is 12.2. The van der Waals surface area contributed by atoms with E-state index < -0.39 is 0 Å². The summed E-state index contributed by atoms with van der Waals surface area (Å²) < 4.78 is 0. The number of hydrogen-bond donors (Lipinski definition) is 2. The number of halogens is 1. The highest BCUT2D eigenvalue weighted by Gasteiger charge is 2.19. The topological polar surface area (TPSA) is 56.7 Å². The Morgan fingerprint density at radius 2 is 2.00 bits per heavy atom. The Morgan fingerprint density at radius 3 is 2.62 bits per heavy atom. The summed E-state index contributed by atoms with van der Waals surface area (Å²) in [5, 5.41) is 7.51. The summed E-state index contributed by atoms with van der Waals surface area (Å²) >= 11 is 2.05. The maximum atomic E-state index is 11.7. The van der Waals surface area contributed by atoms with Crippen LogP contribution in [0, 0.1) is 0 Å². The van der Waals surface area contributed by atoms with Crippen LogP contribution in [-0.2, 0) is 17.9 Å². The fourth-order valence-corrected chi connectivity index (χ4v) is 4.48. The Bertz CT molecular complexity index is 602. The molecule has 0 saturated carbocycles. The van der Waals surface area contributed by atoms with Crippen molar-refractivity contribution in [1.82, 2.24) is 15.5 Å². The van der Waals surface area contributed by atoms with Gasteiger partial charge in [-0.15, -0.1) is 24.0 Å². The van der Waals surface area contributed by atoms with Crippen molar-refractivity contribution in [2.75, 3.05) is 25.9 Å². The van der Waals surface area contributed by atoms with Crippen LogP contribution in [0.4, 0.5) is 0 Å². The third kappa shape index (κ3) is 6.33. The highest BCUT2D eigenvalue weighted by Crippen LogP contribution is 2.25. The number of carbonyl (C=O) groups excluding carboxylic acids is 1. The van der Waals surface area contributed by atoms with E-state index in [0.29, 0.717) is 11.7 Å². The van der Waals surface area contributed by atoms with E-state index in [1.165, 1.54) is 29.7 Å². The van der Waals surface area contributed by atoms with Crippen LogP contribution in [0.5, 0.6) is 0 Å². The van der Waals surface area contributed by atoms with Gasteiger partial charge in [0.25, 0.3) is 0 Å². The van der Waals surface area contributed by atoms with Gasteiger partial charge in [-0.3, -0.25) is 9.79 Å². The number of guanidine groups is 1. The number of amides is 1. The second kappa shape index (κ2) is 11.0. The molecule has 0 bridgehead atoms. The SMILES string of the molecule is CN=C(NCc1ccc(CN2CCCC2=O)cc1)NCC1CCCS1.I. The standard InChI is InChI=1S/C19H28N4OS.HI/c1-20-19(22-13-17-4-3-11-25-17)21-12-15-6-8-16(9-7-15)14-23-10-2-5-18(23)24;/h6-9,17H,2-5,10-14H2,1H3,(H2,20,21,22);1H. The zero-order valence-corrected chi connectivity index (χ0v) is 18.5. The van der Waals surface area contributed by atoms with E-state index in [0.717, 1.165) is 38.6 Å². The number of hydrogen-bond acceptors (Lipinski definition) is 3. The number of nitrogens with zero attached hydrogens (tertiary/aromatic N) is 2. The molecule has 2 aliphatic rings. The third-order valence-electron chi connectivity index (χ3n) is 4.77. The van der Waals surface area contributed by atoms with E-state index in [1.807, 2.05) is 11.9 Å². The minimum absolute atomic E-state index is 0. The Hall–Kier alpha value is -0.960. The second-order valence-electron chi connectivity index (χ2n) is 6.68. The number of carbonyl (C=O) groups is 1. The summed E-state index contributed by atoms with van der Waals surface area (Å²) in [6.07, 6.45) is 4.33. The molecule has 3 rings (SSSR count). The molecule has 7 heteroatoms. The Kier molecular flexibility index (Phi) is 9.04. The van der Waals surface area contributed by atoms with E-state index in [9.17, 15) is 4.79 Å². The van der Waals surface area contributed by atoms with Crippen molar-refractivity contribution < 1.29 is 4.79 Å². The minimum Gasteiger partial charge on any atom is -0.355 e. The van der Waals surface area contributed by atoms with Gasteiger partial charge in [-0.25, -0.2) is 0 Å². The summed E-state index contributed by atoms with van der Waals surface area (Å²) in [6.45, 7) is 3.35. The van der Waals surface area contributed by atoms with Gasteiger partial charge in [-0.05, 0) is 36.1 Å². The molecule has 2 N–H and O–H groups in total. The van der Waals surface area contributed by atoms with Crippen LogP contribution in [0.2, 0.25) is 0 Å². The molecular formula is C19H29IN4OS. The van der Waals surface area contributed by atoms with E-state index >= 15 is 0 Å². The van der Waals surface area contributed by atoms with E-state index in [4.69, 9.17) is 0 Å². The first-order valence-corrected chi connectivity index (χ1v) is 10.2. The quantitative estimate of drug-likeness (QED) is 0.368. The average Bonchev–Trinajstić information content (AvgIpc) is 3.29. The normalized spacial score (nSPS) is 20.2. The van der Waals surface area contributed by atoms with Crippen molar-refractivity contribution in [3.8, 4) is 0 Å². The molecule has 2 fully saturated rings. The molecule has 1 aromatic rings. The number of nitrogens with one attached hydrogen (secondary N) is 2. The Morgan fingerprint density at radius 1 is 1.23 bits per heavy atom. The van der Waals surface area contributed by atoms with Gasteiger partial charge in [0, 0.05) is 44.9 Å². The number of benzene rings is 1. The molecule has 0 aromatic heterocycles. The first kappa shape index (κ1) is 21.3. The van der Waals surface area contributed by atoms with Crippen molar-refractivity contribution in [2.24, 2.45) is 4.99 Å². The van der Waals surface area contributed by atoms with Gasteiger partial charge < -0.3 is 15.5 Å². The molecule has 1 atom stereocenters. The molecular weight excluding hydrogens is 459 g/mol. The summed E-state index contributed by atoms with van der Waals surface area (Å²) in [6, 6.07) is 8.49. The molecule has 2 aliphatic heterocycles. The number of likely N-dealkylation sites (tertiary alicyclic amines) is 1. The van der Waals surface area contributed by atoms with Gasteiger partial charge in [0.15, 0.2) is 5.96 Å². The molecule has 0 radical (unpaired) electrons. The average molecular weight is 488 g/mol. The molecule has 1 amide bonds. The maximum absolute atomic E-state index is 11.7. The predicted molar refractivity (Wildman–Crippen MR) is 120 cm³/mol. The van der Waals surface area contributed by atoms with Gasteiger partial charge in [-0.2, -0.15) is 11.8 Å². The van der Waals surface area contributed by atoms with Crippen LogP contribution in [0.25, 0.3) is 0 Å². The van der Waals surface area contributed by atoms with Crippen LogP contribution >= 0.6 is 35.7 Å². The lowest BCUT2D eigenvalue weighted by molar-refractivity contribution is -0.128. The van der Waals surface area contributed by atoms with E-state index in [2.05, 4.69) is 51.7 Å². The lowest BCUT2D eigenvalue weighted by atomic mass is 10.1. The van der Waals surface area contributed by atoms with Gasteiger partial charge in [0.1, 0.15) is 0 Å². The molecule has 144 valence electrons. The number of aliphatic imine (C=N–C) groups is 1. The molecule has 5 nitrogen and oxygen atoms in total. The van der Waals surface area contributed by atoms with Crippen LogP contribution in [-0.4, -0.2) is 47.9 Å². The second-order valence-corrected chi connectivity index (χ2v) is 8.09. The fraction of sp³-hybridized carbons (Fsp3) is 0.579. The molecule has 26 heavy (non-hydrogen) atoms. The zero-order chi connectivity index (χ0) is 17.5. The number of rotatable bonds is 6. The molecule has 0 spiro atoms. The predicted octanol–water partition coefficient (Wildman–Crippen LogP) is 2.99. The van der Waals surface area contributed by atoms with Gasteiger partial charge in [-0.1, -0.05) is 24.3 Å². The highest BCUT2D eigenvalue weighted by atomic mass is 127. The van der Waals surface area contributed by atoms with E-state index in [-0.39, 0.29) is 29.9 Å². The van der Waals surface area contributed by atoms with Gasteiger partial charge in [0.2, 0.25) is 5.91 Å². The highest BCUT2D eigenvalue weighted by molar-refractivity contribution is 14.0. The summed E-state index contributed by atoms with van der Waals surface area (Å²) in [5.74, 6) is 2.42. The van der Waals surface area contributed by atoms with Crippen LogP contribution in [0.1, 0.15) is 36.8 Å². The van der Waals surface area contributed by atoms with Crippen molar-refractivity contribution in [1.29, 1.82) is 0 Å². The molecule has 0 aliphatic carbocycles. The van der Waals surface area contributed by atoms with Gasteiger partial charge >= 0.3 is 0 Å². The summed E-state index contributed by atoms with van der Waals surface area (Å²) in [4.78, 5) is 18.0. The monoisotopic (exact) mass is 488 g/mol. The maximum Gasteiger partial charge on any atom is 0.222 e. The molecule has 1 aromatic carbocycles.